The third-order valence-electron chi connectivity index (χ3n) is 3.52. The van der Waals surface area contributed by atoms with Gasteiger partial charge >= 0.3 is 60.3 Å². The first-order chi connectivity index (χ1) is 13.5. The molecule has 0 radical (unpaired) electrons. The molecule has 0 saturated heterocycles. The van der Waals surface area contributed by atoms with Gasteiger partial charge in [-0.1, -0.05) is 0 Å². The van der Waals surface area contributed by atoms with Crippen LogP contribution in [0.15, 0.2) is 0 Å². The summed E-state index contributed by atoms with van der Waals surface area (Å²) < 4.78 is 263. The monoisotopic (exact) mass is 552 g/mol. The topological polar surface area (TPSA) is 57.2 Å². The minimum atomic E-state index is -8.89. The minimum absolute atomic E-state index is 0. The van der Waals surface area contributed by atoms with Gasteiger partial charge in [0.1, 0.15) is 10.1 Å². The van der Waals surface area contributed by atoms with E-state index in [2.05, 4.69) is 0 Å². The Balaban J connectivity index is 0. The van der Waals surface area contributed by atoms with Crippen molar-refractivity contribution in [3.63, 3.8) is 0 Å². The van der Waals surface area contributed by atoms with Gasteiger partial charge in [0, 0.05) is 0 Å². The van der Waals surface area contributed by atoms with Crippen molar-refractivity contribution < 1.29 is 111 Å². The first-order valence-corrected chi connectivity index (χ1v) is 8.14. The van der Waals surface area contributed by atoms with E-state index in [1.807, 2.05) is 0 Å². The zero-order valence-corrected chi connectivity index (χ0v) is 15.5. The third-order valence-corrected chi connectivity index (χ3v) is 4.32. The van der Waals surface area contributed by atoms with E-state index < -0.39 is 69.7 Å². The molecule has 0 aliphatic carbocycles. The zero-order valence-electron chi connectivity index (χ0n) is 14.7. The van der Waals surface area contributed by atoms with Gasteiger partial charge in [-0.05, 0) is 0 Å². The van der Waals surface area contributed by atoms with E-state index >= 15 is 0 Å². The first-order valence-electron chi connectivity index (χ1n) is 6.67. The quantitative estimate of drug-likeness (QED) is 0.237. The molecule has 0 aromatic rings. The van der Waals surface area contributed by atoms with Crippen molar-refractivity contribution in [1.29, 1.82) is 0 Å². The average Bonchev–Trinajstić information content (AvgIpc) is 2.58. The van der Waals surface area contributed by atoms with E-state index in [0.717, 1.165) is 0 Å². The molecule has 0 bridgehead atoms. The molecule has 33 heavy (non-hydrogen) atoms. The van der Waals surface area contributed by atoms with Gasteiger partial charge in [0.25, 0.3) is 11.9 Å². The van der Waals surface area contributed by atoms with Crippen LogP contribution in [-0.4, -0.2) is 72.5 Å². The van der Waals surface area contributed by atoms with Gasteiger partial charge in [0.05, 0.1) is 0 Å². The molecule has 0 heterocycles. The van der Waals surface area contributed by atoms with Crippen LogP contribution in [-0.2, 0) is 10.1 Å². The molecular formula is C10H3F18LiO3S. The van der Waals surface area contributed by atoms with E-state index in [1.165, 1.54) is 0 Å². The second-order valence-electron chi connectivity index (χ2n) is 5.66. The predicted molar refractivity (Wildman–Crippen MR) is 60.1 cm³/mol. The molecule has 0 rings (SSSR count). The normalized spacial score (nSPS) is 17.6. The molecule has 2 unspecified atom stereocenters. The molecule has 194 valence electrons. The van der Waals surface area contributed by atoms with Crippen molar-refractivity contribution in [2.24, 2.45) is 0 Å². The summed E-state index contributed by atoms with van der Waals surface area (Å²) in [7, 11) is -7.47. The Hall–Kier alpha value is -0.753. The van der Waals surface area contributed by atoms with Crippen LogP contribution in [0.4, 0.5) is 79.0 Å². The Morgan fingerprint density at radius 2 is 0.758 bits per heavy atom. The summed E-state index contributed by atoms with van der Waals surface area (Å²) in [4.78, 5) is 0. The van der Waals surface area contributed by atoms with E-state index in [9.17, 15) is 92.0 Å². The van der Waals surface area contributed by atoms with Crippen molar-refractivity contribution in [2.75, 3.05) is 0 Å². The second kappa shape index (κ2) is 9.04. The Kier molecular flexibility index (Phi) is 9.42. The van der Waals surface area contributed by atoms with Gasteiger partial charge in [0.2, 0.25) is 6.17 Å². The summed E-state index contributed by atoms with van der Waals surface area (Å²) in [6, 6.07) is 0. The molecule has 3 nitrogen and oxygen atoms in total. The fraction of sp³-hybridized carbons (Fsp3) is 1.00. The molecule has 0 N–H and O–H groups in total. The number of hydrogen-bond donors (Lipinski definition) is 0. The summed E-state index contributed by atoms with van der Waals surface area (Å²) in [6.45, 7) is 0. The summed E-state index contributed by atoms with van der Waals surface area (Å²) >= 11 is 0. The van der Waals surface area contributed by atoms with E-state index in [1.54, 1.807) is 0 Å². The minimum Gasteiger partial charge on any atom is -0.746 e. The van der Waals surface area contributed by atoms with Crippen LogP contribution < -0.4 is 18.9 Å². The maximum atomic E-state index is 13.3. The third kappa shape index (κ3) is 4.72. The van der Waals surface area contributed by atoms with E-state index in [0.29, 0.717) is 0 Å². The fourth-order valence-corrected chi connectivity index (χ4v) is 2.18. The summed E-state index contributed by atoms with van der Waals surface area (Å²) in [5.41, 5.74) is -6.11. The van der Waals surface area contributed by atoms with Crippen LogP contribution >= 0.6 is 0 Å². The largest absolute Gasteiger partial charge is 1.00 e. The van der Waals surface area contributed by atoms with E-state index in [-0.39, 0.29) is 18.9 Å². The molecule has 0 fully saturated rings. The van der Waals surface area contributed by atoms with E-state index in [4.69, 9.17) is 0 Å². The van der Waals surface area contributed by atoms with Gasteiger partial charge in [-0.2, -0.15) is 61.5 Å². The first kappa shape index (κ1) is 34.4. The molecule has 0 aliphatic rings. The molecule has 0 spiro atoms. The van der Waals surface area contributed by atoms with Crippen molar-refractivity contribution in [3.8, 4) is 0 Å². The number of rotatable bonds is 10. The smallest absolute Gasteiger partial charge is 0.746 e. The Morgan fingerprint density at radius 1 is 0.515 bits per heavy atom. The number of hydrogen-bond acceptors (Lipinski definition) is 3. The van der Waals surface area contributed by atoms with Crippen molar-refractivity contribution >= 4 is 10.1 Å². The molecule has 0 amide bonds. The molecule has 0 saturated carbocycles. The standard InChI is InChI=1S/C10H4F18O3S.Li/c11-1(2(12)13)4(15,16)6(19,20)8(23,24)10(27,28)9(25,26)7(21,22)5(17,18)3(14)32(29,30)31;/h1-3H,(H,29,30,31);/q;+1/p-1. The molecular weight excluding hydrogens is 549 g/mol. The van der Waals surface area contributed by atoms with Gasteiger partial charge in [-0.3, -0.25) is 0 Å². The molecule has 0 aliphatic heterocycles. The van der Waals surface area contributed by atoms with Gasteiger partial charge in [0.15, 0.2) is 0 Å². The van der Waals surface area contributed by atoms with Crippen LogP contribution in [0.25, 0.3) is 0 Å². The fourth-order valence-electron chi connectivity index (χ4n) is 1.67. The predicted octanol–water partition coefficient (Wildman–Crippen LogP) is 1.88. The van der Waals surface area contributed by atoms with Crippen LogP contribution in [0.3, 0.4) is 0 Å². The average molecular weight is 552 g/mol. The molecule has 0 aromatic carbocycles. The van der Waals surface area contributed by atoms with Crippen LogP contribution in [0.5, 0.6) is 0 Å². The summed E-state index contributed by atoms with van der Waals surface area (Å²) in [5, 5.41) is 0. The number of alkyl halides is 18. The van der Waals surface area contributed by atoms with Crippen LogP contribution in [0.2, 0.25) is 0 Å². The van der Waals surface area contributed by atoms with Crippen LogP contribution in [0.1, 0.15) is 0 Å². The maximum absolute atomic E-state index is 13.3. The molecule has 2 atom stereocenters. The van der Waals surface area contributed by atoms with Gasteiger partial charge in [-0.25, -0.2) is 26.0 Å². The van der Waals surface area contributed by atoms with Crippen LogP contribution in [0, 0.1) is 0 Å². The second-order valence-corrected chi connectivity index (χ2v) is 7.06. The zero-order chi connectivity index (χ0) is 26.7. The Morgan fingerprint density at radius 3 is 1.00 bits per heavy atom. The molecule has 0 aromatic heterocycles. The SMILES string of the molecule is O=S(=O)([O-])C(F)C(F)(F)C(F)(F)C(F)(F)C(F)(F)C(F)(F)C(F)(F)C(F)(F)C(F)C(F)F.[Li+]. The van der Waals surface area contributed by atoms with Gasteiger partial charge in [-0.15, -0.1) is 0 Å². The summed E-state index contributed by atoms with van der Waals surface area (Å²) in [6.07, 6.45) is -11.2. The van der Waals surface area contributed by atoms with Gasteiger partial charge < -0.3 is 4.55 Å². The van der Waals surface area contributed by atoms with Crippen molar-refractivity contribution in [1.82, 2.24) is 0 Å². The summed E-state index contributed by atoms with van der Waals surface area (Å²) in [5.74, 6) is -59.1. The number of halogens is 18. The Bertz CT molecular complexity index is 795. The Labute approximate surface area is 181 Å². The van der Waals surface area contributed by atoms with Crippen molar-refractivity contribution in [2.45, 2.75) is 59.6 Å². The van der Waals surface area contributed by atoms with Crippen molar-refractivity contribution in [3.05, 3.63) is 0 Å². The maximum Gasteiger partial charge on any atom is 1.00 e. The molecule has 23 heteroatoms.